The van der Waals surface area contributed by atoms with Gasteiger partial charge in [0.1, 0.15) is 11.4 Å². The van der Waals surface area contributed by atoms with Crippen molar-refractivity contribution in [1.29, 1.82) is 0 Å². The van der Waals surface area contributed by atoms with Crippen molar-refractivity contribution in [3.63, 3.8) is 0 Å². The molecular weight excluding hydrogens is 447 g/mol. The lowest BCUT2D eigenvalue weighted by molar-refractivity contribution is -0.256. The largest absolute Gasteiger partial charge is 0.545 e. The van der Waals surface area contributed by atoms with E-state index in [0.717, 1.165) is 5.69 Å². The summed E-state index contributed by atoms with van der Waals surface area (Å²) in [6.45, 7) is 0. The average molecular weight is 454 g/mol. The summed E-state index contributed by atoms with van der Waals surface area (Å²) in [7, 11) is 0. The second kappa shape index (κ2) is 8.47. The molecule has 11 heteroatoms. The zero-order valence-corrected chi connectivity index (χ0v) is 13.7. The monoisotopic (exact) mass is 454 g/mol. The van der Waals surface area contributed by atoms with E-state index in [0.29, 0.717) is 0 Å². The van der Waals surface area contributed by atoms with Crippen LogP contribution in [0.5, 0.6) is 0 Å². The minimum atomic E-state index is -2.43. The molecule has 0 bridgehead atoms. The van der Waals surface area contributed by atoms with Gasteiger partial charge in [-0.15, -0.1) is 0 Å². The molecule has 2 rings (SSSR count). The van der Waals surface area contributed by atoms with Gasteiger partial charge in [-0.1, -0.05) is 5.11 Å². The van der Waals surface area contributed by atoms with Crippen molar-refractivity contribution in [1.82, 2.24) is 0 Å². The Morgan fingerprint density at radius 3 is 1.88 bits per heavy atom. The van der Waals surface area contributed by atoms with Gasteiger partial charge in [-0.3, -0.25) is 0 Å². The highest BCUT2D eigenvalue weighted by Crippen LogP contribution is 2.29. The minimum absolute atomic E-state index is 1.07. The Labute approximate surface area is 145 Å². The summed E-state index contributed by atoms with van der Waals surface area (Å²) in [5, 5.41) is 12.6. The van der Waals surface area contributed by atoms with E-state index in [4.69, 9.17) is 5.53 Å². The van der Waals surface area contributed by atoms with Crippen LogP contribution >= 0.6 is 22.6 Å². The molecule has 3 N–H and O–H groups in total. The van der Waals surface area contributed by atoms with Gasteiger partial charge in [0.25, 0.3) is 0 Å². The van der Waals surface area contributed by atoms with Gasteiger partial charge in [0, 0.05) is 8.48 Å². The minimum Gasteiger partial charge on any atom is -0.545 e. The normalized spacial score (nSPS) is 9.58. The van der Waals surface area contributed by atoms with Crippen LogP contribution in [0.4, 0.5) is 28.9 Å². The van der Waals surface area contributed by atoms with Gasteiger partial charge < -0.3 is 15.6 Å². The summed E-state index contributed by atoms with van der Waals surface area (Å²) in [6.07, 6.45) is 0. The van der Waals surface area contributed by atoms with E-state index >= 15 is 0 Å². The van der Waals surface area contributed by atoms with Gasteiger partial charge in [-0.05, 0) is 52.4 Å². The molecule has 0 aromatic heterocycles. The number of rotatable bonds is 2. The maximum atomic E-state index is 12.9. The van der Waals surface area contributed by atoms with Gasteiger partial charge >= 0.3 is 0 Å². The second-order valence-electron chi connectivity index (χ2n) is 4.08. The number of hydrogen-bond donors (Lipinski definition) is 1. The number of halogens is 5. The van der Waals surface area contributed by atoms with Crippen LogP contribution in [0.25, 0.3) is 10.4 Å². The Morgan fingerprint density at radius 1 is 1.08 bits per heavy atom. The number of carbonyl (C=O) groups is 1. The lowest BCUT2D eigenvalue weighted by Crippen LogP contribution is -2.39. The molecule has 0 aliphatic rings. The average Bonchev–Trinajstić information content (AvgIpc) is 2.53. The fourth-order valence-electron chi connectivity index (χ4n) is 1.42. The molecule has 0 radical (unpaired) electrons. The number of hydrogen-bond acceptors (Lipinski definition) is 3. The lowest BCUT2D eigenvalue weighted by Gasteiger charge is -2.09. The zero-order chi connectivity index (χ0) is 18.4. The van der Waals surface area contributed by atoms with E-state index in [1.165, 1.54) is 3.57 Å². The van der Waals surface area contributed by atoms with E-state index in [2.05, 4.69) is 33.4 Å². The predicted octanol–water partition coefficient (Wildman–Crippen LogP) is 2.71. The maximum absolute atomic E-state index is 12.9. The molecule has 2 aromatic rings. The Morgan fingerprint density at radius 2 is 1.54 bits per heavy atom. The fourth-order valence-corrected chi connectivity index (χ4v) is 1.78. The van der Waals surface area contributed by atoms with Gasteiger partial charge in [-0.25, -0.2) is 17.6 Å². The van der Waals surface area contributed by atoms with E-state index in [1.54, 1.807) is 0 Å². The van der Waals surface area contributed by atoms with Crippen LogP contribution in [-0.2, 0) is 0 Å². The number of carbonyl (C=O) groups excluding carboxylic acids is 1. The number of benzene rings is 2. The first kappa shape index (κ1) is 19.7. The van der Waals surface area contributed by atoms with Crippen LogP contribution in [-0.4, -0.2) is 5.97 Å². The molecule has 0 saturated carbocycles. The first-order valence-corrected chi connectivity index (χ1v) is 6.98. The molecule has 6 nitrogen and oxygen atoms in total. The van der Waals surface area contributed by atoms with Crippen molar-refractivity contribution in [2.75, 3.05) is 0 Å². The predicted molar refractivity (Wildman–Crippen MR) is 81.1 cm³/mol. The molecule has 0 unspecified atom stereocenters. The molecule has 0 aliphatic heterocycles. The number of aromatic carboxylic acids is 1. The SMILES string of the molecule is [N-]=[N+]=Nc1c(F)c(F)c(C(=O)[O-])c(F)c1F.[NH3+]c1ccc(I)cc1. The molecule has 24 heavy (non-hydrogen) atoms. The smallest absolute Gasteiger partial charge is 0.172 e. The van der Waals surface area contributed by atoms with Crippen LogP contribution < -0.4 is 10.8 Å². The molecule has 0 heterocycles. The molecule has 0 saturated heterocycles. The van der Waals surface area contributed by atoms with Gasteiger partial charge in [-0.2, -0.15) is 0 Å². The quantitative estimate of drug-likeness (QED) is 0.188. The topological polar surface area (TPSA) is 117 Å². The van der Waals surface area contributed by atoms with E-state index in [1.807, 2.05) is 29.2 Å². The third kappa shape index (κ3) is 4.57. The molecular formula is C13H7F4IN4O2. The van der Waals surface area contributed by atoms with Crippen molar-refractivity contribution >= 4 is 39.9 Å². The zero-order valence-electron chi connectivity index (χ0n) is 11.6. The van der Waals surface area contributed by atoms with Crippen molar-refractivity contribution in [2.24, 2.45) is 5.11 Å². The Hall–Kier alpha value is -2.37. The Kier molecular flexibility index (Phi) is 6.95. The molecule has 126 valence electrons. The highest BCUT2D eigenvalue weighted by Gasteiger charge is 2.25. The fraction of sp³-hybridized carbons (Fsp3) is 0. The van der Waals surface area contributed by atoms with Crippen LogP contribution in [0.2, 0.25) is 0 Å². The van der Waals surface area contributed by atoms with Crippen molar-refractivity contribution in [3.8, 4) is 0 Å². The van der Waals surface area contributed by atoms with E-state index < -0.39 is 40.5 Å². The summed E-state index contributed by atoms with van der Waals surface area (Å²) >= 11 is 2.27. The van der Waals surface area contributed by atoms with Crippen LogP contribution in [0.3, 0.4) is 0 Å². The summed E-state index contributed by atoms with van der Waals surface area (Å²) in [5.74, 6) is -11.0. The first-order valence-electron chi connectivity index (χ1n) is 5.90. The summed E-state index contributed by atoms with van der Waals surface area (Å²) < 4.78 is 52.9. The first-order chi connectivity index (χ1) is 11.2. The summed E-state index contributed by atoms with van der Waals surface area (Å²) in [5.41, 5.74) is 9.24. The number of carboxylic acids is 1. The molecule has 0 atom stereocenters. The second-order valence-corrected chi connectivity index (χ2v) is 5.33. The van der Waals surface area contributed by atoms with Crippen LogP contribution in [0, 0.1) is 26.8 Å². The van der Waals surface area contributed by atoms with Crippen LogP contribution in [0.15, 0.2) is 29.4 Å². The molecule has 0 aliphatic carbocycles. The van der Waals surface area contributed by atoms with Gasteiger partial charge in [0.2, 0.25) is 0 Å². The molecule has 0 spiro atoms. The van der Waals surface area contributed by atoms with Gasteiger partial charge in [0.05, 0.1) is 11.5 Å². The summed E-state index contributed by atoms with van der Waals surface area (Å²) in [4.78, 5) is 12.1. The maximum Gasteiger partial charge on any atom is 0.172 e. The number of azide groups is 1. The Bertz CT molecular complexity index is 741. The number of quaternary nitrogens is 1. The van der Waals surface area contributed by atoms with Crippen molar-refractivity contribution in [3.05, 3.63) is 67.1 Å². The highest BCUT2D eigenvalue weighted by molar-refractivity contribution is 14.1. The third-order valence-corrected chi connectivity index (χ3v) is 3.22. The summed E-state index contributed by atoms with van der Waals surface area (Å²) in [6, 6.07) is 8.09. The Balaban J connectivity index is 0.000000300. The van der Waals surface area contributed by atoms with Crippen molar-refractivity contribution < 1.29 is 33.2 Å². The third-order valence-electron chi connectivity index (χ3n) is 2.50. The van der Waals surface area contributed by atoms with E-state index in [-0.39, 0.29) is 0 Å². The molecule has 0 amide bonds. The molecule has 0 fully saturated rings. The lowest BCUT2D eigenvalue weighted by atomic mass is 10.1. The van der Waals surface area contributed by atoms with Gasteiger partial charge in [0.15, 0.2) is 23.3 Å². The van der Waals surface area contributed by atoms with Crippen LogP contribution in [0.1, 0.15) is 10.4 Å². The highest BCUT2D eigenvalue weighted by atomic mass is 127. The standard InChI is InChI=1S/C7HF4N3O2.C6H6IN/c8-2-1(7(15)16)3(9)5(11)6(4(2)10)13-14-12;7-5-1-3-6(8)4-2-5/h(H,15,16);1-4H,8H2. The molecule has 2 aromatic carbocycles. The number of nitrogens with zero attached hydrogens (tertiary/aromatic N) is 3. The van der Waals surface area contributed by atoms with E-state index in [9.17, 15) is 27.5 Å². The van der Waals surface area contributed by atoms with Crippen molar-refractivity contribution in [2.45, 2.75) is 0 Å². The number of carboxylic acid groups (broad SMARTS) is 1.